The van der Waals surface area contributed by atoms with Crippen molar-refractivity contribution in [1.29, 1.82) is 0 Å². The number of piperazine rings is 1. The number of halogens is 3. The van der Waals surface area contributed by atoms with Crippen LogP contribution in [0.25, 0.3) is 0 Å². The zero-order valence-corrected chi connectivity index (χ0v) is 24.5. The minimum atomic E-state index is -1.01. The van der Waals surface area contributed by atoms with Gasteiger partial charge in [-0.2, -0.15) is 0 Å². The number of nitrogens with zero attached hydrogens (tertiary/aromatic N) is 2. The van der Waals surface area contributed by atoms with Crippen LogP contribution in [-0.4, -0.2) is 77.6 Å². The number of hydrogen-bond donors (Lipinski definition) is 3. The van der Waals surface area contributed by atoms with E-state index >= 15 is 0 Å². The summed E-state index contributed by atoms with van der Waals surface area (Å²) in [5, 5.41) is 17.1. The lowest BCUT2D eigenvalue weighted by Gasteiger charge is -2.39. The van der Waals surface area contributed by atoms with Crippen LogP contribution >= 0.6 is 12.4 Å². The Bertz CT molecular complexity index is 1090. The summed E-state index contributed by atoms with van der Waals surface area (Å²) in [6, 6.07) is 10.1. The van der Waals surface area contributed by atoms with Crippen molar-refractivity contribution in [2.24, 2.45) is 0 Å². The van der Waals surface area contributed by atoms with Crippen molar-refractivity contribution >= 4 is 24.2 Å². The maximum absolute atomic E-state index is 13.8. The SMILES string of the molecule is CCCCN1CCN(CC(=O)N[C@@H](Cc2cc(F)cc(F)c2)[C@H](O)CNCc2cccc(CC)c2)[C@@H](C)C1=O.Cl. The molecule has 3 atom stereocenters. The minimum absolute atomic E-state index is 0. The first kappa shape index (κ1) is 33.6. The molecule has 40 heavy (non-hydrogen) atoms. The number of unbranched alkanes of at least 4 members (excludes halogenated alkanes) is 1. The van der Waals surface area contributed by atoms with Gasteiger partial charge in [-0.05, 0) is 55.0 Å². The smallest absolute Gasteiger partial charge is 0.239 e. The monoisotopic (exact) mass is 580 g/mol. The second-order valence-corrected chi connectivity index (χ2v) is 10.4. The average molecular weight is 581 g/mol. The molecule has 1 aliphatic rings. The highest BCUT2D eigenvalue weighted by Gasteiger charge is 2.32. The number of hydrogen-bond acceptors (Lipinski definition) is 5. The van der Waals surface area contributed by atoms with E-state index in [1.54, 1.807) is 6.92 Å². The van der Waals surface area contributed by atoms with Gasteiger partial charge in [0, 0.05) is 38.8 Å². The normalized spacial score (nSPS) is 17.3. The number of carbonyl (C=O) groups excluding carboxylic acids is 2. The van der Waals surface area contributed by atoms with Crippen LogP contribution in [0.15, 0.2) is 42.5 Å². The van der Waals surface area contributed by atoms with Crippen LogP contribution in [0.2, 0.25) is 0 Å². The van der Waals surface area contributed by atoms with Crippen molar-refractivity contribution in [3.63, 3.8) is 0 Å². The lowest BCUT2D eigenvalue weighted by molar-refractivity contribution is -0.142. The summed E-state index contributed by atoms with van der Waals surface area (Å²) in [6.07, 6.45) is 1.90. The topological polar surface area (TPSA) is 84.9 Å². The van der Waals surface area contributed by atoms with Crippen molar-refractivity contribution in [2.75, 3.05) is 32.7 Å². The molecule has 1 heterocycles. The Kier molecular flexibility index (Phi) is 14.0. The zero-order valence-electron chi connectivity index (χ0n) is 23.7. The van der Waals surface area contributed by atoms with Gasteiger partial charge in [-0.3, -0.25) is 14.5 Å². The lowest BCUT2D eigenvalue weighted by Crippen LogP contribution is -2.59. The Balaban J connectivity index is 0.00000560. The number of rotatable bonds is 14. The van der Waals surface area contributed by atoms with E-state index in [0.29, 0.717) is 31.7 Å². The Labute approximate surface area is 242 Å². The molecular weight excluding hydrogens is 538 g/mol. The molecule has 0 spiro atoms. The lowest BCUT2D eigenvalue weighted by atomic mass is 10.00. The Hall–Kier alpha value is -2.59. The average Bonchev–Trinajstić information content (AvgIpc) is 2.90. The Morgan fingerprint density at radius 3 is 2.45 bits per heavy atom. The fraction of sp³-hybridized carbons (Fsp3) is 0.533. The predicted octanol–water partition coefficient (Wildman–Crippen LogP) is 3.46. The fourth-order valence-corrected chi connectivity index (χ4v) is 4.93. The van der Waals surface area contributed by atoms with Crippen LogP contribution in [0.5, 0.6) is 0 Å². The molecule has 2 aromatic rings. The van der Waals surface area contributed by atoms with E-state index in [-0.39, 0.29) is 43.7 Å². The van der Waals surface area contributed by atoms with E-state index in [1.165, 1.54) is 17.7 Å². The van der Waals surface area contributed by atoms with Crippen LogP contribution in [0.1, 0.15) is 50.3 Å². The number of amides is 2. The van der Waals surface area contributed by atoms with Gasteiger partial charge in [-0.25, -0.2) is 8.78 Å². The van der Waals surface area contributed by atoms with Crippen LogP contribution in [0.3, 0.4) is 0 Å². The molecule has 0 unspecified atom stereocenters. The fourth-order valence-electron chi connectivity index (χ4n) is 4.93. The number of aryl methyl sites for hydroxylation is 1. The summed E-state index contributed by atoms with van der Waals surface area (Å²) in [6.45, 7) is 8.51. The van der Waals surface area contributed by atoms with Crippen molar-refractivity contribution < 1.29 is 23.5 Å². The van der Waals surface area contributed by atoms with Gasteiger partial charge in [-0.1, -0.05) is 44.5 Å². The van der Waals surface area contributed by atoms with E-state index in [9.17, 15) is 23.5 Å². The van der Waals surface area contributed by atoms with Crippen LogP contribution < -0.4 is 10.6 Å². The van der Waals surface area contributed by atoms with E-state index < -0.39 is 29.8 Å². The van der Waals surface area contributed by atoms with Gasteiger partial charge in [-0.15, -0.1) is 12.4 Å². The Morgan fingerprint density at radius 1 is 1.07 bits per heavy atom. The second kappa shape index (κ2) is 16.6. The number of aliphatic hydroxyl groups is 1. The zero-order chi connectivity index (χ0) is 28.4. The highest BCUT2D eigenvalue weighted by molar-refractivity contribution is 5.85. The summed E-state index contributed by atoms with van der Waals surface area (Å²) in [7, 11) is 0. The maximum atomic E-state index is 13.8. The van der Waals surface area contributed by atoms with Crippen LogP contribution in [0, 0.1) is 11.6 Å². The molecule has 10 heteroatoms. The van der Waals surface area contributed by atoms with E-state index in [1.807, 2.05) is 21.9 Å². The first-order valence-corrected chi connectivity index (χ1v) is 13.9. The summed E-state index contributed by atoms with van der Waals surface area (Å²) in [5.74, 6) is -1.78. The van der Waals surface area contributed by atoms with E-state index in [0.717, 1.165) is 30.9 Å². The largest absolute Gasteiger partial charge is 0.390 e. The highest BCUT2D eigenvalue weighted by atomic mass is 35.5. The first-order chi connectivity index (χ1) is 18.7. The molecule has 0 aliphatic carbocycles. The standard InChI is InChI=1S/C30H42F2N4O3.ClH/c1-4-6-10-35-11-12-36(21(3)30(35)39)20-29(38)34-27(16-24-14-25(31)17-26(32)15-24)28(37)19-33-18-23-9-7-8-22(5-2)13-23;/h7-9,13-15,17,21,27-28,33,37H,4-6,10-12,16,18-20H2,1-3H3,(H,34,38);1H/t21-,27-,28+;/m0./s1. The molecule has 0 bridgehead atoms. The molecule has 7 nitrogen and oxygen atoms in total. The van der Waals surface area contributed by atoms with E-state index in [4.69, 9.17) is 0 Å². The third-order valence-corrected chi connectivity index (χ3v) is 7.27. The van der Waals surface area contributed by atoms with Crippen LogP contribution in [-0.2, 0) is 29.0 Å². The van der Waals surface area contributed by atoms with Gasteiger partial charge in [0.05, 0.1) is 24.7 Å². The van der Waals surface area contributed by atoms with Gasteiger partial charge < -0.3 is 20.6 Å². The predicted molar refractivity (Wildman–Crippen MR) is 155 cm³/mol. The maximum Gasteiger partial charge on any atom is 0.239 e. The summed E-state index contributed by atoms with van der Waals surface area (Å²) < 4.78 is 27.7. The molecule has 2 amide bonds. The Morgan fingerprint density at radius 2 is 1.77 bits per heavy atom. The quantitative estimate of drug-likeness (QED) is 0.319. The molecule has 1 aliphatic heterocycles. The molecule has 0 aromatic heterocycles. The first-order valence-electron chi connectivity index (χ1n) is 13.9. The molecule has 1 saturated heterocycles. The summed E-state index contributed by atoms with van der Waals surface area (Å²) >= 11 is 0. The number of benzene rings is 2. The van der Waals surface area contributed by atoms with E-state index in [2.05, 4.69) is 36.6 Å². The third kappa shape index (κ3) is 10.1. The van der Waals surface area contributed by atoms with Crippen molar-refractivity contribution in [3.8, 4) is 0 Å². The van der Waals surface area contributed by atoms with Crippen molar-refractivity contribution in [2.45, 2.75) is 71.2 Å². The third-order valence-electron chi connectivity index (χ3n) is 7.27. The molecular formula is C30H43ClF2N4O3. The highest BCUT2D eigenvalue weighted by Crippen LogP contribution is 2.14. The second-order valence-electron chi connectivity index (χ2n) is 10.4. The van der Waals surface area contributed by atoms with Gasteiger partial charge in [0.1, 0.15) is 11.6 Å². The van der Waals surface area contributed by atoms with Crippen LogP contribution in [0.4, 0.5) is 8.78 Å². The summed E-state index contributed by atoms with van der Waals surface area (Å²) in [4.78, 5) is 29.5. The summed E-state index contributed by atoms with van der Waals surface area (Å²) in [5.41, 5.74) is 2.62. The number of nitrogens with one attached hydrogen (secondary N) is 2. The van der Waals surface area contributed by atoms with Gasteiger partial charge in [0.15, 0.2) is 0 Å². The molecule has 222 valence electrons. The number of aliphatic hydroxyl groups excluding tert-OH is 1. The molecule has 0 radical (unpaired) electrons. The molecule has 3 N–H and O–H groups in total. The number of carbonyl (C=O) groups is 2. The van der Waals surface area contributed by atoms with Gasteiger partial charge in [0.25, 0.3) is 0 Å². The van der Waals surface area contributed by atoms with Crippen molar-refractivity contribution in [1.82, 2.24) is 20.4 Å². The molecule has 2 aromatic carbocycles. The molecule has 1 fully saturated rings. The van der Waals surface area contributed by atoms with Crippen molar-refractivity contribution in [3.05, 3.63) is 70.8 Å². The molecule has 0 saturated carbocycles. The van der Waals surface area contributed by atoms with Gasteiger partial charge >= 0.3 is 0 Å². The minimum Gasteiger partial charge on any atom is -0.390 e. The molecule has 3 rings (SSSR count). The van der Waals surface area contributed by atoms with Gasteiger partial charge in [0.2, 0.25) is 11.8 Å².